The summed E-state index contributed by atoms with van der Waals surface area (Å²) in [6.07, 6.45) is 15.0. The van der Waals surface area contributed by atoms with Crippen LogP contribution in [0.25, 0.3) is 22.1 Å². The van der Waals surface area contributed by atoms with E-state index in [2.05, 4.69) is 39.6 Å². The van der Waals surface area contributed by atoms with E-state index >= 15 is 0 Å². The van der Waals surface area contributed by atoms with Crippen LogP contribution in [-0.4, -0.2) is 24.2 Å². The third-order valence-electron chi connectivity index (χ3n) is 9.69. The van der Waals surface area contributed by atoms with Crippen molar-refractivity contribution in [3.8, 4) is 16.9 Å². The van der Waals surface area contributed by atoms with Crippen LogP contribution < -0.4 is 10.4 Å². The molecule has 0 saturated heterocycles. The molecule has 0 unspecified atom stereocenters. The van der Waals surface area contributed by atoms with E-state index in [1.165, 1.54) is 38.5 Å². The number of carbonyl (C=O) groups excluding carboxylic acids is 1. The van der Waals surface area contributed by atoms with Crippen molar-refractivity contribution >= 4 is 16.9 Å². The third kappa shape index (κ3) is 9.42. The smallest absolute Gasteiger partial charge is 0.344 e. The number of aromatic nitrogens is 1. The minimum absolute atomic E-state index is 0.0115. The molecule has 236 valence electrons. The Balaban J connectivity index is 1.19. The number of hydrogen-bond acceptors (Lipinski definition) is 6. The Bertz CT molecular complexity index is 1350. The molecule has 0 aliphatic rings. The minimum Gasteiger partial charge on any atom is -0.494 e. The van der Waals surface area contributed by atoms with Crippen LogP contribution in [0.2, 0.25) is 0 Å². The van der Waals surface area contributed by atoms with Gasteiger partial charge in [0.2, 0.25) is 0 Å². The first kappa shape index (κ1) is 34.3. The van der Waals surface area contributed by atoms with Crippen LogP contribution in [0.3, 0.4) is 0 Å². The largest absolute Gasteiger partial charge is 0.494 e. The molecule has 0 atom stereocenters. The molecule has 0 saturated carbocycles. The average molecular weight is 592 g/mol. The number of nitrogens with zero attached hydrogens (tertiary/aromatic N) is 1. The first-order valence-electron chi connectivity index (χ1n) is 16.1. The molecule has 0 amide bonds. The van der Waals surface area contributed by atoms with Gasteiger partial charge in [0.25, 0.3) is 0 Å². The number of pyridine rings is 1. The Morgan fingerprint density at radius 2 is 1.33 bits per heavy atom. The second kappa shape index (κ2) is 15.5. The molecule has 2 heterocycles. The van der Waals surface area contributed by atoms with Crippen LogP contribution in [0.4, 0.5) is 0 Å². The van der Waals surface area contributed by atoms with Crippen molar-refractivity contribution in [2.45, 2.75) is 113 Å². The third-order valence-corrected chi connectivity index (χ3v) is 9.69. The average Bonchev–Trinajstić information content (AvgIpc) is 2.96. The van der Waals surface area contributed by atoms with E-state index in [0.717, 1.165) is 42.4 Å². The van der Waals surface area contributed by atoms with Gasteiger partial charge in [0, 0.05) is 17.8 Å². The van der Waals surface area contributed by atoms with E-state index in [1.54, 1.807) is 18.5 Å². The highest BCUT2D eigenvalue weighted by Crippen LogP contribution is 2.51. The van der Waals surface area contributed by atoms with Gasteiger partial charge in [0.1, 0.15) is 11.3 Å². The maximum atomic E-state index is 12.8. The fourth-order valence-corrected chi connectivity index (χ4v) is 5.24. The Hall–Kier alpha value is -3.15. The zero-order valence-electron chi connectivity index (χ0n) is 27.6. The SMILES string of the molecule is CC(C)(C)C(C)(C)C(C)(C)C(=O)OCCCCCCCCCCCCOc1ccc(-c2cc3cnccc3oc2=O)cc1. The molecule has 3 rings (SSSR count). The Morgan fingerprint density at radius 3 is 1.91 bits per heavy atom. The van der Waals surface area contributed by atoms with E-state index in [0.29, 0.717) is 24.4 Å². The lowest BCUT2D eigenvalue weighted by molar-refractivity contribution is -0.167. The molecule has 1 aromatic carbocycles. The number of carbonyl (C=O) groups is 1. The van der Waals surface area contributed by atoms with Crippen molar-refractivity contribution in [3.05, 3.63) is 59.2 Å². The van der Waals surface area contributed by atoms with E-state index in [-0.39, 0.29) is 22.4 Å². The number of esters is 1. The molecular weight excluding hydrogens is 538 g/mol. The minimum atomic E-state index is -0.527. The summed E-state index contributed by atoms with van der Waals surface area (Å²) in [7, 11) is 0. The molecule has 0 aliphatic heterocycles. The van der Waals surface area contributed by atoms with Crippen LogP contribution >= 0.6 is 0 Å². The molecule has 0 N–H and O–H groups in total. The van der Waals surface area contributed by atoms with Crippen molar-refractivity contribution in [1.29, 1.82) is 0 Å². The Kier molecular flexibility index (Phi) is 12.4. The van der Waals surface area contributed by atoms with Gasteiger partial charge in [-0.3, -0.25) is 9.78 Å². The van der Waals surface area contributed by atoms with Crippen molar-refractivity contribution < 1.29 is 18.7 Å². The van der Waals surface area contributed by atoms with Crippen LogP contribution in [0.15, 0.2) is 58.0 Å². The van der Waals surface area contributed by atoms with Gasteiger partial charge in [0.05, 0.1) is 24.2 Å². The molecule has 0 aliphatic carbocycles. The summed E-state index contributed by atoms with van der Waals surface area (Å²) in [4.78, 5) is 29.3. The summed E-state index contributed by atoms with van der Waals surface area (Å²) in [6, 6.07) is 11.1. The topological polar surface area (TPSA) is 78.6 Å². The molecule has 3 aromatic rings. The first-order valence-corrected chi connectivity index (χ1v) is 16.1. The number of hydrogen-bond donors (Lipinski definition) is 0. The van der Waals surface area contributed by atoms with Gasteiger partial charge in [-0.2, -0.15) is 0 Å². The van der Waals surface area contributed by atoms with E-state index < -0.39 is 5.41 Å². The van der Waals surface area contributed by atoms with Gasteiger partial charge in [-0.15, -0.1) is 0 Å². The maximum absolute atomic E-state index is 12.8. The van der Waals surface area contributed by atoms with Gasteiger partial charge in [0.15, 0.2) is 0 Å². The maximum Gasteiger partial charge on any atom is 0.344 e. The van der Waals surface area contributed by atoms with Gasteiger partial charge in [-0.1, -0.05) is 98.1 Å². The summed E-state index contributed by atoms with van der Waals surface area (Å²) in [5, 5.41) is 0.799. The fourth-order valence-electron chi connectivity index (χ4n) is 5.24. The summed E-state index contributed by atoms with van der Waals surface area (Å²) in [6.45, 7) is 16.1. The number of unbranched alkanes of at least 4 members (excludes halogenated alkanes) is 9. The van der Waals surface area contributed by atoms with Gasteiger partial charge in [-0.05, 0) is 67.3 Å². The van der Waals surface area contributed by atoms with Crippen molar-refractivity contribution in [3.63, 3.8) is 0 Å². The summed E-state index contributed by atoms with van der Waals surface area (Å²) in [5.74, 6) is 0.726. The van der Waals surface area contributed by atoms with Crippen LogP contribution in [0.5, 0.6) is 5.75 Å². The van der Waals surface area contributed by atoms with Gasteiger partial charge < -0.3 is 13.9 Å². The van der Waals surface area contributed by atoms with E-state index in [9.17, 15) is 9.59 Å². The number of benzene rings is 1. The monoisotopic (exact) mass is 591 g/mol. The second-order valence-electron chi connectivity index (χ2n) is 13.9. The van der Waals surface area contributed by atoms with E-state index in [4.69, 9.17) is 13.9 Å². The highest BCUT2D eigenvalue weighted by Gasteiger charge is 2.50. The molecule has 0 bridgehead atoms. The molecule has 6 nitrogen and oxygen atoms in total. The highest BCUT2D eigenvalue weighted by molar-refractivity contribution is 5.80. The number of rotatable bonds is 17. The second-order valence-corrected chi connectivity index (χ2v) is 13.9. The van der Waals surface area contributed by atoms with Gasteiger partial charge >= 0.3 is 11.6 Å². The van der Waals surface area contributed by atoms with Crippen molar-refractivity contribution in [2.24, 2.45) is 16.2 Å². The zero-order valence-corrected chi connectivity index (χ0v) is 27.6. The molecule has 0 spiro atoms. The van der Waals surface area contributed by atoms with Gasteiger partial charge in [-0.25, -0.2) is 4.79 Å². The van der Waals surface area contributed by atoms with E-state index in [1.807, 2.05) is 44.2 Å². The lowest BCUT2D eigenvalue weighted by Gasteiger charge is -2.48. The Morgan fingerprint density at radius 1 is 0.767 bits per heavy atom. The summed E-state index contributed by atoms with van der Waals surface area (Å²) < 4.78 is 17.0. The molecule has 0 radical (unpaired) electrons. The molecular formula is C37H53NO5. The lowest BCUT2D eigenvalue weighted by Crippen LogP contribution is -2.48. The standard InChI is InChI=1S/C37H53NO5/c1-35(2,3)37(6,7)36(4,5)34(40)42-25-17-15-13-11-9-8-10-12-14-16-24-41-30-20-18-28(19-21-30)31-26-29-27-38-23-22-32(29)43-33(31)39/h18-23,26-27H,8-17,24-25H2,1-7H3. The Labute approximate surface area is 258 Å². The summed E-state index contributed by atoms with van der Waals surface area (Å²) in [5.41, 5.74) is 0.819. The summed E-state index contributed by atoms with van der Waals surface area (Å²) >= 11 is 0. The normalized spacial score (nSPS) is 12.4. The molecule has 2 aromatic heterocycles. The zero-order chi connectivity index (χ0) is 31.5. The quantitative estimate of drug-likeness (QED) is 0.115. The number of fused-ring (bicyclic) bond motifs is 1. The highest BCUT2D eigenvalue weighted by atomic mass is 16.5. The number of ether oxygens (including phenoxy) is 2. The molecule has 43 heavy (non-hydrogen) atoms. The van der Waals surface area contributed by atoms with Crippen LogP contribution in [0, 0.1) is 16.2 Å². The van der Waals surface area contributed by atoms with Crippen LogP contribution in [0.1, 0.15) is 113 Å². The lowest BCUT2D eigenvalue weighted by atomic mass is 9.55. The van der Waals surface area contributed by atoms with Crippen molar-refractivity contribution in [1.82, 2.24) is 4.98 Å². The molecule has 0 fully saturated rings. The first-order chi connectivity index (χ1) is 20.3. The predicted molar refractivity (Wildman–Crippen MR) is 175 cm³/mol. The fraction of sp³-hybridized carbons (Fsp3) is 0.595. The molecule has 6 heteroatoms. The van der Waals surface area contributed by atoms with Crippen LogP contribution in [-0.2, 0) is 9.53 Å². The predicted octanol–water partition coefficient (Wildman–Crippen LogP) is 9.78. The van der Waals surface area contributed by atoms with Crippen molar-refractivity contribution in [2.75, 3.05) is 13.2 Å².